The van der Waals surface area contributed by atoms with Crippen LogP contribution in [-0.4, -0.2) is 15.6 Å². The van der Waals surface area contributed by atoms with Crippen LogP contribution < -0.4 is 10.9 Å². The number of carbonyl (C=O) groups excluding carboxylic acids is 1. The van der Waals surface area contributed by atoms with E-state index in [9.17, 15) is 9.59 Å². The molecule has 7 heteroatoms. The van der Waals surface area contributed by atoms with Crippen LogP contribution in [0, 0.1) is 18.3 Å². The number of nitrogens with one attached hydrogen (secondary N) is 1. The van der Waals surface area contributed by atoms with Crippen molar-refractivity contribution in [1.29, 1.82) is 5.26 Å². The van der Waals surface area contributed by atoms with Gasteiger partial charge < -0.3 is 9.09 Å². The second kappa shape index (κ2) is 6.08. The molecule has 0 atom stereocenters. The van der Waals surface area contributed by atoms with Crippen molar-refractivity contribution in [2.24, 2.45) is 0 Å². The summed E-state index contributed by atoms with van der Waals surface area (Å²) in [5, 5.41) is 15.4. The number of aryl methyl sites for hydroxylation is 1. The standard InChI is InChI=1S/C16H18N4O3/c1-10-5-6-20(15(22)11(10)8-17)9-13(21)18-14-7-12(19-23-14)16(2,3)4/h5-7H,9H2,1-4H3,(H,18,21). The summed E-state index contributed by atoms with van der Waals surface area (Å²) in [4.78, 5) is 24.1. The lowest BCUT2D eigenvalue weighted by molar-refractivity contribution is -0.116. The minimum Gasteiger partial charge on any atom is -0.338 e. The number of rotatable bonds is 3. The van der Waals surface area contributed by atoms with Gasteiger partial charge in [0.1, 0.15) is 18.2 Å². The lowest BCUT2D eigenvalue weighted by Gasteiger charge is -2.12. The highest BCUT2D eigenvalue weighted by atomic mass is 16.5. The van der Waals surface area contributed by atoms with Gasteiger partial charge in [-0.2, -0.15) is 5.26 Å². The average Bonchev–Trinajstić information content (AvgIpc) is 2.91. The topological polar surface area (TPSA) is 101 Å². The molecular weight excluding hydrogens is 296 g/mol. The van der Waals surface area contributed by atoms with Gasteiger partial charge in [0.2, 0.25) is 11.8 Å². The number of pyridine rings is 1. The summed E-state index contributed by atoms with van der Waals surface area (Å²) in [6.07, 6.45) is 1.49. The molecule has 23 heavy (non-hydrogen) atoms. The Hall–Kier alpha value is -2.88. The number of amides is 1. The highest BCUT2D eigenvalue weighted by Gasteiger charge is 2.20. The molecule has 0 saturated carbocycles. The van der Waals surface area contributed by atoms with Gasteiger partial charge >= 0.3 is 0 Å². The summed E-state index contributed by atoms with van der Waals surface area (Å²) in [5.41, 5.74) is 0.652. The number of anilines is 1. The number of hydrogen-bond acceptors (Lipinski definition) is 5. The Morgan fingerprint density at radius 1 is 1.48 bits per heavy atom. The first-order valence-corrected chi connectivity index (χ1v) is 7.09. The van der Waals surface area contributed by atoms with Crippen LogP contribution in [0.1, 0.15) is 37.6 Å². The number of nitrogens with zero attached hydrogens (tertiary/aromatic N) is 3. The number of carbonyl (C=O) groups is 1. The molecule has 0 fully saturated rings. The molecule has 0 saturated heterocycles. The maximum atomic E-state index is 12.1. The van der Waals surface area contributed by atoms with Gasteiger partial charge in [-0.05, 0) is 18.6 Å². The third kappa shape index (κ3) is 3.66. The number of aromatic nitrogens is 2. The van der Waals surface area contributed by atoms with E-state index in [2.05, 4.69) is 10.5 Å². The molecule has 0 bridgehead atoms. The summed E-state index contributed by atoms with van der Waals surface area (Å²) in [5.74, 6) is -0.211. The van der Waals surface area contributed by atoms with Crippen molar-refractivity contribution in [2.75, 3.05) is 5.32 Å². The normalized spacial score (nSPS) is 11.1. The van der Waals surface area contributed by atoms with Crippen molar-refractivity contribution in [1.82, 2.24) is 9.72 Å². The van der Waals surface area contributed by atoms with Crippen LogP contribution in [0.4, 0.5) is 5.88 Å². The fourth-order valence-corrected chi connectivity index (χ4v) is 1.94. The van der Waals surface area contributed by atoms with Crippen LogP contribution in [0.2, 0.25) is 0 Å². The maximum Gasteiger partial charge on any atom is 0.269 e. The van der Waals surface area contributed by atoms with Gasteiger partial charge in [0.15, 0.2) is 0 Å². The van der Waals surface area contributed by atoms with Crippen molar-refractivity contribution in [3.63, 3.8) is 0 Å². The van der Waals surface area contributed by atoms with E-state index in [1.165, 1.54) is 10.8 Å². The Balaban J connectivity index is 2.14. The van der Waals surface area contributed by atoms with Gasteiger partial charge in [-0.25, -0.2) is 0 Å². The van der Waals surface area contributed by atoms with Crippen molar-refractivity contribution in [2.45, 2.75) is 39.7 Å². The van der Waals surface area contributed by atoms with Crippen molar-refractivity contribution >= 4 is 11.8 Å². The van der Waals surface area contributed by atoms with Crippen LogP contribution in [0.3, 0.4) is 0 Å². The van der Waals surface area contributed by atoms with Crippen molar-refractivity contribution in [3.8, 4) is 6.07 Å². The molecule has 0 aromatic carbocycles. The first-order valence-electron chi connectivity index (χ1n) is 7.09. The Labute approximate surface area is 133 Å². The van der Waals surface area contributed by atoms with E-state index in [4.69, 9.17) is 9.78 Å². The molecule has 2 aromatic heterocycles. The first kappa shape index (κ1) is 16.5. The van der Waals surface area contributed by atoms with E-state index in [-0.39, 0.29) is 23.4 Å². The monoisotopic (exact) mass is 314 g/mol. The van der Waals surface area contributed by atoms with E-state index in [0.29, 0.717) is 11.3 Å². The fraction of sp³-hybridized carbons (Fsp3) is 0.375. The Bertz CT molecular complexity index is 834. The summed E-state index contributed by atoms with van der Waals surface area (Å²) < 4.78 is 6.25. The molecule has 1 amide bonds. The van der Waals surface area contributed by atoms with Crippen molar-refractivity contribution < 1.29 is 9.32 Å². The molecule has 2 heterocycles. The van der Waals surface area contributed by atoms with E-state index in [0.717, 1.165) is 0 Å². The third-order valence-corrected chi connectivity index (χ3v) is 3.34. The quantitative estimate of drug-likeness (QED) is 0.933. The smallest absolute Gasteiger partial charge is 0.269 e. The van der Waals surface area contributed by atoms with Gasteiger partial charge in [0.05, 0.1) is 5.69 Å². The van der Waals surface area contributed by atoms with E-state index >= 15 is 0 Å². The third-order valence-electron chi connectivity index (χ3n) is 3.34. The highest BCUT2D eigenvalue weighted by Crippen LogP contribution is 2.23. The van der Waals surface area contributed by atoms with Crippen LogP contribution >= 0.6 is 0 Å². The highest BCUT2D eigenvalue weighted by molar-refractivity contribution is 5.89. The van der Waals surface area contributed by atoms with E-state index in [1.54, 1.807) is 19.1 Å². The van der Waals surface area contributed by atoms with Crippen LogP contribution in [0.15, 0.2) is 27.6 Å². The summed E-state index contributed by atoms with van der Waals surface area (Å²) in [6.45, 7) is 7.40. The molecule has 2 aromatic rings. The maximum absolute atomic E-state index is 12.1. The van der Waals surface area contributed by atoms with Gasteiger partial charge in [0.25, 0.3) is 5.56 Å². The summed E-state index contributed by atoms with van der Waals surface area (Å²) in [7, 11) is 0. The molecule has 0 aliphatic heterocycles. The molecule has 120 valence electrons. The van der Waals surface area contributed by atoms with Gasteiger partial charge in [0, 0.05) is 17.7 Å². The van der Waals surface area contributed by atoms with Crippen LogP contribution in [-0.2, 0) is 16.8 Å². The molecule has 0 aliphatic carbocycles. The van der Waals surface area contributed by atoms with Gasteiger partial charge in [-0.1, -0.05) is 25.9 Å². The van der Waals surface area contributed by atoms with Crippen molar-refractivity contribution in [3.05, 3.63) is 45.5 Å². The summed E-state index contributed by atoms with van der Waals surface area (Å²) in [6, 6.07) is 5.13. The SMILES string of the molecule is Cc1ccn(CC(=O)Nc2cc(C(C)(C)C)no2)c(=O)c1C#N. The minimum atomic E-state index is -0.490. The second-order valence-electron chi connectivity index (χ2n) is 6.29. The van der Waals surface area contributed by atoms with Crippen LogP contribution in [0.5, 0.6) is 0 Å². The largest absolute Gasteiger partial charge is 0.338 e. The number of nitriles is 1. The van der Waals surface area contributed by atoms with Crippen LogP contribution in [0.25, 0.3) is 0 Å². The zero-order valence-corrected chi connectivity index (χ0v) is 13.5. The number of hydrogen-bond donors (Lipinski definition) is 1. The molecule has 0 unspecified atom stereocenters. The zero-order valence-electron chi connectivity index (χ0n) is 13.5. The molecular formula is C16H18N4O3. The summed E-state index contributed by atoms with van der Waals surface area (Å²) >= 11 is 0. The Morgan fingerprint density at radius 3 is 2.74 bits per heavy atom. The Morgan fingerprint density at radius 2 is 2.17 bits per heavy atom. The predicted molar refractivity (Wildman–Crippen MR) is 84.0 cm³/mol. The lowest BCUT2D eigenvalue weighted by atomic mass is 9.92. The first-order chi connectivity index (χ1) is 10.7. The predicted octanol–water partition coefficient (Wildman–Crippen LogP) is 1.95. The molecule has 0 radical (unpaired) electrons. The Kier molecular flexibility index (Phi) is 4.36. The fourth-order valence-electron chi connectivity index (χ4n) is 1.94. The zero-order chi connectivity index (χ0) is 17.2. The second-order valence-corrected chi connectivity index (χ2v) is 6.29. The lowest BCUT2D eigenvalue weighted by Crippen LogP contribution is -2.29. The van der Waals surface area contributed by atoms with Gasteiger partial charge in [-0.3, -0.25) is 14.9 Å². The average molecular weight is 314 g/mol. The molecule has 0 aliphatic rings. The van der Waals surface area contributed by atoms with E-state index in [1.807, 2.05) is 26.8 Å². The van der Waals surface area contributed by atoms with E-state index < -0.39 is 11.5 Å². The molecule has 1 N–H and O–H groups in total. The minimum absolute atomic E-state index is 0.0370. The molecule has 7 nitrogen and oxygen atoms in total. The molecule has 0 spiro atoms. The van der Waals surface area contributed by atoms with Gasteiger partial charge in [-0.15, -0.1) is 0 Å². The molecule has 2 rings (SSSR count).